The van der Waals surface area contributed by atoms with Gasteiger partial charge in [0.15, 0.2) is 0 Å². The van der Waals surface area contributed by atoms with Gasteiger partial charge in [-0.1, -0.05) is 11.6 Å². The smallest absolute Gasteiger partial charge is 0.124 e. The molecule has 0 spiro atoms. The summed E-state index contributed by atoms with van der Waals surface area (Å²) in [4.78, 5) is 0. The third-order valence-electron chi connectivity index (χ3n) is 2.21. The van der Waals surface area contributed by atoms with Crippen molar-refractivity contribution >= 4 is 51.3 Å². The van der Waals surface area contributed by atoms with Crippen molar-refractivity contribution in [2.45, 2.75) is 0 Å². The lowest BCUT2D eigenvalue weighted by atomic mass is 10.2. The molecule has 0 saturated carbocycles. The van der Waals surface area contributed by atoms with E-state index in [1.165, 1.54) is 12.1 Å². The van der Waals surface area contributed by atoms with Crippen molar-refractivity contribution in [1.82, 2.24) is 0 Å². The van der Waals surface area contributed by atoms with Crippen molar-refractivity contribution in [3.05, 3.63) is 50.8 Å². The van der Waals surface area contributed by atoms with Crippen LogP contribution >= 0.6 is 34.2 Å². The summed E-state index contributed by atoms with van der Waals surface area (Å²) in [5.74, 6) is -0.365. The van der Waals surface area contributed by atoms with Crippen LogP contribution < -0.4 is 11.1 Å². The van der Waals surface area contributed by atoms with E-state index >= 15 is 0 Å². The Kier molecular flexibility index (Phi) is 3.73. The number of nitrogen functional groups attached to an aromatic ring is 1. The van der Waals surface area contributed by atoms with Gasteiger partial charge in [0.1, 0.15) is 5.82 Å². The highest BCUT2D eigenvalue weighted by molar-refractivity contribution is 14.1. The van der Waals surface area contributed by atoms with Gasteiger partial charge in [0, 0.05) is 3.57 Å². The van der Waals surface area contributed by atoms with Gasteiger partial charge in [0.25, 0.3) is 0 Å². The summed E-state index contributed by atoms with van der Waals surface area (Å²) in [6, 6.07) is 9.81. The van der Waals surface area contributed by atoms with E-state index in [-0.39, 0.29) is 5.82 Å². The summed E-state index contributed by atoms with van der Waals surface area (Å²) in [5, 5.41) is 3.39. The second-order valence-electron chi connectivity index (χ2n) is 3.48. The molecule has 2 nitrogen and oxygen atoms in total. The van der Waals surface area contributed by atoms with Crippen LogP contribution in [0.4, 0.5) is 21.5 Å². The third kappa shape index (κ3) is 3.01. The Morgan fingerprint density at radius 3 is 2.47 bits per heavy atom. The van der Waals surface area contributed by atoms with E-state index in [0.717, 1.165) is 9.26 Å². The van der Waals surface area contributed by atoms with Crippen LogP contribution in [-0.4, -0.2) is 0 Å². The van der Waals surface area contributed by atoms with Crippen LogP contribution in [0.25, 0.3) is 0 Å². The van der Waals surface area contributed by atoms with E-state index < -0.39 is 0 Å². The fraction of sp³-hybridized carbons (Fsp3) is 0. The van der Waals surface area contributed by atoms with Crippen molar-refractivity contribution in [2.24, 2.45) is 0 Å². The zero-order chi connectivity index (χ0) is 12.4. The number of hydrogen-bond acceptors (Lipinski definition) is 2. The monoisotopic (exact) mass is 362 g/mol. The molecule has 2 rings (SSSR count). The molecule has 0 aromatic heterocycles. The molecule has 0 amide bonds. The topological polar surface area (TPSA) is 38.0 Å². The van der Waals surface area contributed by atoms with Crippen molar-refractivity contribution in [3.63, 3.8) is 0 Å². The first-order valence-corrected chi connectivity index (χ1v) is 6.29. The van der Waals surface area contributed by atoms with E-state index in [2.05, 4.69) is 27.9 Å². The minimum atomic E-state index is -0.365. The maximum atomic E-state index is 12.9. The Morgan fingerprint density at radius 1 is 1.12 bits per heavy atom. The van der Waals surface area contributed by atoms with E-state index in [0.29, 0.717) is 16.4 Å². The summed E-state index contributed by atoms with van der Waals surface area (Å²) in [6.45, 7) is 0. The largest absolute Gasteiger partial charge is 0.397 e. The molecular weight excluding hydrogens is 354 g/mol. The SMILES string of the molecule is Nc1cc(I)ccc1Nc1ccc(F)cc1Cl. The number of anilines is 3. The molecular formula is C12H9ClFIN2. The van der Waals surface area contributed by atoms with Gasteiger partial charge >= 0.3 is 0 Å². The third-order valence-corrected chi connectivity index (χ3v) is 3.20. The molecule has 2 aromatic rings. The standard InChI is InChI=1S/C12H9ClFIN2/c13-9-5-7(14)1-3-11(9)17-12-4-2-8(15)6-10(12)16/h1-6,17H,16H2. The molecule has 0 aliphatic carbocycles. The lowest BCUT2D eigenvalue weighted by Crippen LogP contribution is -1.97. The van der Waals surface area contributed by atoms with Gasteiger partial charge in [-0.05, 0) is 59.0 Å². The first-order chi connectivity index (χ1) is 8.06. The normalized spacial score (nSPS) is 10.3. The minimum absolute atomic E-state index is 0.322. The van der Waals surface area contributed by atoms with Crippen LogP contribution in [0.5, 0.6) is 0 Å². The Hall–Kier alpha value is -1.01. The molecule has 0 aliphatic heterocycles. The van der Waals surface area contributed by atoms with Crippen LogP contribution in [-0.2, 0) is 0 Å². The zero-order valence-corrected chi connectivity index (χ0v) is 11.6. The van der Waals surface area contributed by atoms with E-state index in [9.17, 15) is 4.39 Å². The van der Waals surface area contributed by atoms with Gasteiger partial charge < -0.3 is 11.1 Å². The summed E-state index contributed by atoms with van der Waals surface area (Å²) in [6.07, 6.45) is 0. The fourth-order valence-electron chi connectivity index (χ4n) is 1.38. The van der Waals surface area contributed by atoms with Crippen molar-refractivity contribution < 1.29 is 4.39 Å². The van der Waals surface area contributed by atoms with Gasteiger partial charge in [-0.25, -0.2) is 4.39 Å². The average Bonchev–Trinajstić information content (AvgIpc) is 2.25. The van der Waals surface area contributed by atoms with Gasteiger partial charge in [0.05, 0.1) is 22.1 Å². The highest BCUT2D eigenvalue weighted by atomic mass is 127. The lowest BCUT2D eigenvalue weighted by Gasteiger charge is -2.11. The summed E-state index contributed by atoms with van der Waals surface area (Å²) in [5.41, 5.74) is 7.86. The molecule has 0 bridgehead atoms. The van der Waals surface area contributed by atoms with Crippen molar-refractivity contribution in [2.75, 3.05) is 11.1 Å². The van der Waals surface area contributed by atoms with Crippen LogP contribution in [0.2, 0.25) is 5.02 Å². The molecule has 0 aliphatic rings. The van der Waals surface area contributed by atoms with Crippen LogP contribution in [0.15, 0.2) is 36.4 Å². The number of nitrogens with two attached hydrogens (primary N) is 1. The van der Waals surface area contributed by atoms with Crippen LogP contribution in [0.1, 0.15) is 0 Å². The number of nitrogens with one attached hydrogen (secondary N) is 1. The van der Waals surface area contributed by atoms with Crippen LogP contribution in [0, 0.1) is 9.39 Å². The number of benzene rings is 2. The number of rotatable bonds is 2. The van der Waals surface area contributed by atoms with Gasteiger partial charge in [-0.2, -0.15) is 0 Å². The molecule has 5 heteroatoms. The maximum Gasteiger partial charge on any atom is 0.124 e. The lowest BCUT2D eigenvalue weighted by molar-refractivity contribution is 0.628. The predicted molar refractivity (Wildman–Crippen MR) is 78.3 cm³/mol. The van der Waals surface area contributed by atoms with Gasteiger partial charge in [-0.15, -0.1) is 0 Å². The van der Waals surface area contributed by atoms with E-state index in [1.54, 1.807) is 6.07 Å². The van der Waals surface area contributed by atoms with Crippen molar-refractivity contribution in [3.8, 4) is 0 Å². The molecule has 0 fully saturated rings. The number of hydrogen-bond donors (Lipinski definition) is 2. The van der Waals surface area contributed by atoms with Crippen LogP contribution in [0.3, 0.4) is 0 Å². The average molecular weight is 363 g/mol. The molecule has 0 atom stereocenters. The fourth-order valence-corrected chi connectivity index (χ4v) is 2.11. The Balaban J connectivity index is 2.31. The molecule has 0 heterocycles. The zero-order valence-electron chi connectivity index (χ0n) is 8.68. The second-order valence-corrected chi connectivity index (χ2v) is 5.13. The Morgan fingerprint density at radius 2 is 1.82 bits per heavy atom. The molecule has 0 saturated heterocycles. The molecule has 2 aromatic carbocycles. The van der Waals surface area contributed by atoms with Gasteiger partial charge in [0.2, 0.25) is 0 Å². The number of halogens is 3. The Labute approximate surface area is 117 Å². The Bertz CT molecular complexity index is 511. The molecule has 3 N–H and O–H groups in total. The quantitative estimate of drug-likeness (QED) is 0.613. The maximum absolute atomic E-state index is 12.9. The second kappa shape index (κ2) is 5.10. The highest BCUT2D eigenvalue weighted by Crippen LogP contribution is 2.29. The van der Waals surface area contributed by atoms with E-state index in [1.807, 2.05) is 18.2 Å². The van der Waals surface area contributed by atoms with E-state index in [4.69, 9.17) is 17.3 Å². The summed E-state index contributed by atoms with van der Waals surface area (Å²) in [7, 11) is 0. The highest BCUT2D eigenvalue weighted by Gasteiger charge is 2.04. The first-order valence-electron chi connectivity index (χ1n) is 4.83. The molecule has 0 unspecified atom stereocenters. The molecule has 88 valence electrons. The van der Waals surface area contributed by atoms with Crippen molar-refractivity contribution in [1.29, 1.82) is 0 Å². The molecule has 17 heavy (non-hydrogen) atoms. The molecule has 0 radical (unpaired) electrons. The predicted octanol–water partition coefficient (Wildman–Crippen LogP) is 4.41. The minimum Gasteiger partial charge on any atom is -0.397 e. The summed E-state index contributed by atoms with van der Waals surface area (Å²) >= 11 is 8.10. The summed E-state index contributed by atoms with van der Waals surface area (Å²) < 4.78 is 13.9. The first kappa shape index (κ1) is 12.4. The van der Waals surface area contributed by atoms with Gasteiger partial charge in [-0.3, -0.25) is 0 Å².